The molecular weight excluding hydrogens is 272 g/mol. The van der Waals surface area contributed by atoms with Gasteiger partial charge in [0.15, 0.2) is 0 Å². The molecule has 0 bridgehead atoms. The number of ether oxygens (including phenoxy) is 1. The molecule has 0 aromatic heterocycles. The number of alkyl carbamates (subject to hydrolysis) is 1. The van der Waals surface area contributed by atoms with Gasteiger partial charge >= 0.3 is 6.09 Å². The van der Waals surface area contributed by atoms with E-state index in [1.807, 2.05) is 0 Å². The fourth-order valence-corrected chi connectivity index (χ4v) is 1.44. The fraction of sp³-hybridized carbons (Fsp3) is 0.467. The Kier molecular flexibility index (Phi) is 6.17. The molecule has 6 heteroatoms. The van der Waals surface area contributed by atoms with Crippen molar-refractivity contribution in [3.63, 3.8) is 0 Å². The Morgan fingerprint density at radius 1 is 1.24 bits per heavy atom. The van der Waals surface area contributed by atoms with Crippen LogP contribution in [-0.4, -0.2) is 41.9 Å². The van der Waals surface area contributed by atoms with Crippen LogP contribution >= 0.6 is 0 Å². The summed E-state index contributed by atoms with van der Waals surface area (Å²) in [7, 11) is 0. The highest BCUT2D eigenvalue weighted by molar-refractivity contribution is 5.94. The van der Waals surface area contributed by atoms with Gasteiger partial charge in [-0.3, -0.25) is 4.79 Å². The number of nitrogens with one attached hydrogen (secondary N) is 2. The summed E-state index contributed by atoms with van der Waals surface area (Å²) in [6.45, 7) is 5.28. The zero-order valence-electron chi connectivity index (χ0n) is 12.5. The standard InChI is InChI=1S/C15H21N2O4/c1-15(2,3)21-14(20)17-10-12(18)9-16-13(19)11-7-5-4-6-8-11/h5-8,12,18H,9-10H2,1-3H3,(H,16,19)(H,17,20). The van der Waals surface area contributed by atoms with Crippen molar-refractivity contribution in [1.29, 1.82) is 0 Å². The van der Waals surface area contributed by atoms with Gasteiger partial charge in [0, 0.05) is 18.7 Å². The SMILES string of the molecule is CC(C)(C)OC(=O)NCC(O)CNC(=O)c1cc[c]cc1. The molecule has 0 aliphatic rings. The molecule has 6 nitrogen and oxygen atoms in total. The first kappa shape index (κ1) is 17.0. The average molecular weight is 293 g/mol. The maximum absolute atomic E-state index is 11.7. The summed E-state index contributed by atoms with van der Waals surface area (Å²) in [4.78, 5) is 23.1. The van der Waals surface area contributed by atoms with Crippen molar-refractivity contribution < 1.29 is 19.4 Å². The molecule has 1 aromatic rings. The number of rotatable bonds is 5. The van der Waals surface area contributed by atoms with E-state index in [1.165, 1.54) is 0 Å². The number of aliphatic hydroxyl groups excluding tert-OH is 1. The third-order valence-corrected chi connectivity index (χ3v) is 2.36. The summed E-state index contributed by atoms with van der Waals surface area (Å²) in [6.07, 6.45) is -1.50. The molecule has 115 valence electrons. The number of carbonyl (C=O) groups excluding carboxylic acids is 2. The zero-order chi connectivity index (χ0) is 15.9. The summed E-state index contributed by atoms with van der Waals surface area (Å²) in [6, 6.07) is 9.33. The van der Waals surface area contributed by atoms with Gasteiger partial charge in [0.25, 0.3) is 5.91 Å². The van der Waals surface area contributed by atoms with Crippen molar-refractivity contribution >= 4 is 12.0 Å². The Bertz CT molecular complexity index is 468. The Morgan fingerprint density at radius 2 is 1.81 bits per heavy atom. The van der Waals surface area contributed by atoms with Gasteiger partial charge in [0.05, 0.1) is 6.10 Å². The summed E-state index contributed by atoms with van der Waals surface area (Å²) in [5.41, 5.74) is -0.103. The number of carbonyl (C=O) groups is 2. The molecule has 0 aliphatic carbocycles. The second-order valence-electron chi connectivity index (χ2n) is 5.54. The average Bonchev–Trinajstić information content (AvgIpc) is 2.41. The molecule has 1 unspecified atom stereocenters. The number of amides is 2. The lowest BCUT2D eigenvalue weighted by Crippen LogP contribution is -2.41. The topological polar surface area (TPSA) is 87.7 Å². The van der Waals surface area contributed by atoms with E-state index in [2.05, 4.69) is 16.7 Å². The quantitative estimate of drug-likeness (QED) is 0.758. The van der Waals surface area contributed by atoms with Crippen LogP contribution < -0.4 is 10.6 Å². The van der Waals surface area contributed by atoms with Crippen LogP contribution in [0.4, 0.5) is 4.79 Å². The highest BCUT2D eigenvalue weighted by Crippen LogP contribution is 2.06. The van der Waals surface area contributed by atoms with Crippen LogP contribution in [0, 0.1) is 6.07 Å². The molecule has 0 aliphatic heterocycles. The van der Waals surface area contributed by atoms with Crippen molar-refractivity contribution in [3.05, 3.63) is 35.9 Å². The third-order valence-electron chi connectivity index (χ3n) is 2.36. The first-order chi connectivity index (χ1) is 9.78. The molecule has 0 saturated carbocycles. The minimum Gasteiger partial charge on any atom is -0.444 e. The minimum absolute atomic E-state index is 0.00222. The highest BCUT2D eigenvalue weighted by atomic mass is 16.6. The molecule has 21 heavy (non-hydrogen) atoms. The monoisotopic (exact) mass is 293 g/mol. The third kappa shape index (κ3) is 7.31. The summed E-state index contributed by atoms with van der Waals surface area (Å²) >= 11 is 0. The van der Waals surface area contributed by atoms with Crippen molar-refractivity contribution in [2.45, 2.75) is 32.5 Å². The maximum atomic E-state index is 11.7. The van der Waals surface area contributed by atoms with Crippen molar-refractivity contribution in [1.82, 2.24) is 10.6 Å². The zero-order valence-corrected chi connectivity index (χ0v) is 12.5. The molecule has 1 rings (SSSR count). The molecule has 0 spiro atoms. The van der Waals surface area contributed by atoms with Crippen LogP contribution in [0.25, 0.3) is 0 Å². The van der Waals surface area contributed by atoms with Crippen LogP contribution in [0.2, 0.25) is 0 Å². The van der Waals surface area contributed by atoms with E-state index in [4.69, 9.17) is 4.74 Å². The summed E-state index contributed by atoms with van der Waals surface area (Å²) in [5, 5.41) is 14.7. The van der Waals surface area contributed by atoms with Gasteiger partial charge in [-0.1, -0.05) is 12.1 Å². The van der Waals surface area contributed by atoms with Crippen LogP contribution in [0.3, 0.4) is 0 Å². The number of hydrogen-bond acceptors (Lipinski definition) is 4. The van der Waals surface area contributed by atoms with Crippen molar-refractivity contribution in [2.24, 2.45) is 0 Å². The molecule has 0 fully saturated rings. The Balaban J connectivity index is 2.27. The van der Waals surface area contributed by atoms with Gasteiger partial charge in [-0.25, -0.2) is 4.79 Å². The first-order valence-corrected chi connectivity index (χ1v) is 6.67. The fourth-order valence-electron chi connectivity index (χ4n) is 1.44. The van der Waals surface area contributed by atoms with Gasteiger partial charge in [-0.15, -0.1) is 0 Å². The predicted octanol–water partition coefficient (Wildman–Crippen LogP) is 1.10. The molecule has 0 heterocycles. The normalized spacial score (nSPS) is 12.4. The largest absolute Gasteiger partial charge is 0.444 e. The van der Waals surface area contributed by atoms with Crippen LogP contribution in [0.1, 0.15) is 31.1 Å². The molecule has 0 saturated heterocycles. The van der Waals surface area contributed by atoms with E-state index in [9.17, 15) is 14.7 Å². The molecule has 2 amide bonds. The lowest BCUT2D eigenvalue weighted by molar-refractivity contribution is 0.0492. The van der Waals surface area contributed by atoms with E-state index in [-0.39, 0.29) is 19.0 Å². The van der Waals surface area contributed by atoms with Crippen molar-refractivity contribution in [3.8, 4) is 0 Å². The van der Waals surface area contributed by atoms with Gasteiger partial charge < -0.3 is 20.5 Å². The lowest BCUT2D eigenvalue weighted by Gasteiger charge is -2.20. The second-order valence-corrected chi connectivity index (χ2v) is 5.54. The lowest BCUT2D eigenvalue weighted by atomic mass is 10.2. The second kappa shape index (κ2) is 7.64. The van der Waals surface area contributed by atoms with Gasteiger partial charge in [0.1, 0.15) is 5.60 Å². The van der Waals surface area contributed by atoms with Crippen LogP contribution in [0.5, 0.6) is 0 Å². The van der Waals surface area contributed by atoms with E-state index in [0.29, 0.717) is 5.56 Å². The Hall–Kier alpha value is -2.08. The Labute approximate surface area is 124 Å². The van der Waals surface area contributed by atoms with Crippen molar-refractivity contribution in [2.75, 3.05) is 13.1 Å². The molecule has 1 atom stereocenters. The summed E-state index contributed by atoms with van der Waals surface area (Å²) < 4.78 is 5.03. The Morgan fingerprint density at radius 3 is 2.38 bits per heavy atom. The molecular formula is C15H21N2O4. The number of hydrogen-bond donors (Lipinski definition) is 3. The molecule has 1 radical (unpaired) electrons. The van der Waals surface area contributed by atoms with E-state index in [0.717, 1.165) is 0 Å². The van der Waals surface area contributed by atoms with Gasteiger partial charge in [-0.05, 0) is 39.0 Å². The number of aliphatic hydroxyl groups is 1. The smallest absolute Gasteiger partial charge is 0.407 e. The van der Waals surface area contributed by atoms with E-state index in [1.54, 1.807) is 45.0 Å². The van der Waals surface area contributed by atoms with E-state index >= 15 is 0 Å². The predicted molar refractivity (Wildman–Crippen MR) is 77.9 cm³/mol. The molecule has 1 aromatic carbocycles. The number of benzene rings is 1. The first-order valence-electron chi connectivity index (χ1n) is 6.67. The van der Waals surface area contributed by atoms with Gasteiger partial charge in [-0.2, -0.15) is 0 Å². The van der Waals surface area contributed by atoms with Crippen LogP contribution in [-0.2, 0) is 4.74 Å². The molecule has 3 N–H and O–H groups in total. The maximum Gasteiger partial charge on any atom is 0.407 e. The van der Waals surface area contributed by atoms with Crippen LogP contribution in [0.15, 0.2) is 24.3 Å². The van der Waals surface area contributed by atoms with Gasteiger partial charge in [0.2, 0.25) is 0 Å². The van der Waals surface area contributed by atoms with E-state index < -0.39 is 17.8 Å². The highest BCUT2D eigenvalue weighted by Gasteiger charge is 2.17. The summed E-state index contributed by atoms with van der Waals surface area (Å²) in [5.74, 6) is -0.291. The minimum atomic E-state index is -0.892.